The molecule has 0 aliphatic rings. The highest BCUT2D eigenvalue weighted by molar-refractivity contribution is 7.89. The van der Waals surface area contributed by atoms with Crippen LogP contribution < -0.4 is 4.72 Å². The van der Waals surface area contributed by atoms with Gasteiger partial charge in [-0.2, -0.15) is 0 Å². The van der Waals surface area contributed by atoms with Gasteiger partial charge in [0, 0.05) is 6.54 Å². The van der Waals surface area contributed by atoms with Crippen LogP contribution in [0.3, 0.4) is 0 Å². The van der Waals surface area contributed by atoms with E-state index in [2.05, 4.69) is 4.72 Å². The largest absolute Gasteiger partial charge is 0.393 e. The highest BCUT2D eigenvalue weighted by Crippen LogP contribution is 2.14. The lowest BCUT2D eigenvalue weighted by Gasteiger charge is -2.14. The SMILES string of the molecule is Cc1ccc(S(=O)(=O)NCC(C)CC(C)O)cc1F. The van der Waals surface area contributed by atoms with E-state index in [-0.39, 0.29) is 17.4 Å². The van der Waals surface area contributed by atoms with Crippen LogP contribution in [0.1, 0.15) is 25.8 Å². The molecule has 0 radical (unpaired) electrons. The minimum atomic E-state index is -3.70. The molecule has 4 nitrogen and oxygen atoms in total. The standard InChI is InChI=1S/C13H20FNO3S/c1-9(6-11(3)16)8-15-19(17,18)12-5-4-10(2)13(14)7-12/h4-5,7,9,11,15-16H,6,8H2,1-3H3. The van der Waals surface area contributed by atoms with E-state index in [0.29, 0.717) is 12.0 Å². The second-order valence-corrected chi connectivity index (χ2v) is 6.72. The number of benzene rings is 1. The molecule has 0 aliphatic heterocycles. The third-order valence-electron chi connectivity index (χ3n) is 2.82. The van der Waals surface area contributed by atoms with E-state index in [9.17, 15) is 17.9 Å². The molecule has 19 heavy (non-hydrogen) atoms. The smallest absolute Gasteiger partial charge is 0.240 e. The molecule has 6 heteroatoms. The van der Waals surface area contributed by atoms with Gasteiger partial charge in [-0.3, -0.25) is 0 Å². The van der Waals surface area contributed by atoms with Gasteiger partial charge in [0.1, 0.15) is 5.82 Å². The number of rotatable bonds is 6. The van der Waals surface area contributed by atoms with Crippen molar-refractivity contribution < 1.29 is 17.9 Å². The summed E-state index contributed by atoms with van der Waals surface area (Å²) in [5.41, 5.74) is 0.404. The minimum absolute atomic E-state index is 0.00469. The van der Waals surface area contributed by atoms with Gasteiger partial charge < -0.3 is 5.11 Å². The van der Waals surface area contributed by atoms with Gasteiger partial charge in [-0.05, 0) is 43.9 Å². The van der Waals surface area contributed by atoms with E-state index in [0.717, 1.165) is 6.07 Å². The third kappa shape index (κ3) is 4.89. The highest BCUT2D eigenvalue weighted by Gasteiger charge is 2.17. The summed E-state index contributed by atoms with van der Waals surface area (Å²) in [4.78, 5) is -0.0835. The molecule has 0 fully saturated rings. The van der Waals surface area contributed by atoms with Crippen molar-refractivity contribution in [3.05, 3.63) is 29.6 Å². The normalized spacial score (nSPS) is 15.2. The third-order valence-corrected chi connectivity index (χ3v) is 4.24. The first-order valence-electron chi connectivity index (χ1n) is 6.16. The van der Waals surface area contributed by atoms with Crippen molar-refractivity contribution in [2.45, 2.75) is 38.2 Å². The number of hydrogen-bond donors (Lipinski definition) is 2. The molecule has 0 heterocycles. The molecule has 0 aromatic heterocycles. The summed E-state index contributed by atoms with van der Waals surface area (Å²) in [5.74, 6) is -0.537. The summed E-state index contributed by atoms with van der Waals surface area (Å²) in [6.45, 7) is 5.28. The van der Waals surface area contributed by atoms with E-state index in [1.807, 2.05) is 6.92 Å². The molecule has 2 atom stereocenters. The van der Waals surface area contributed by atoms with Crippen molar-refractivity contribution >= 4 is 10.0 Å². The predicted octanol–water partition coefficient (Wildman–Crippen LogP) is 1.82. The minimum Gasteiger partial charge on any atom is -0.393 e. The average Bonchev–Trinajstić information content (AvgIpc) is 2.29. The Morgan fingerprint density at radius 1 is 1.37 bits per heavy atom. The molecule has 0 saturated heterocycles. The zero-order chi connectivity index (χ0) is 14.6. The van der Waals surface area contributed by atoms with Gasteiger partial charge in [-0.1, -0.05) is 13.0 Å². The van der Waals surface area contributed by atoms with Gasteiger partial charge in [-0.25, -0.2) is 17.5 Å². The number of aliphatic hydroxyl groups excluding tert-OH is 1. The Labute approximate surface area is 113 Å². The number of aryl methyl sites for hydroxylation is 1. The van der Waals surface area contributed by atoms with Crippen molar-refractivity contribution in [1.82, 2.24) is 4.72 Å². The topological polar surface area (TPSA) is 66.4 Å². The van der Waals surface area contributed by atoms with Crippen molar-refractivity contribution in [2.24, 2.45) is 5.92 Å². The number of sulfonamides is 1. The molecule has 2 N–H and O–H groups in total. The molecule has 1 aromatic rings. The zero-order valence-corrected chi connectivity index (χ0v) is 12.2. The van der Waals surface area contributed by atoms with E-state index in [4.69, 9.17) is 0 Å². The highest BCUT2D eigenvalue weighted by atomic mass is 32.2. The zero-order valence-electron chi connectivity index (χ0n) is 11.4. The lowest BCUT2D eigenvalue weighted by molar-refractivity contribution is 0.165. The molecule has 1 rings (SSSR count). The van der Waals surface area contributed by atoms with Gasteiger partial charge in [0.15, 0.2) is 0 Å². The van der Waals surface area contributed by atoms with Gasteiger partial charge in [0.2, 0.25) is 10.0 Å². The number of hydrogen-bond acceptors (Lipinski definition) is 3. The molecule has 1 aromatic carbocycles. The molecule has 0 saturated carbocycles. The summed E-state index contributed by atoms with van der Waals surface area (Å²) >= 11 is 0. The maximum atomic E-state index is 13.4. The van der Waals surface area contributed by atoms with Crippen LogP contribution in [0.4, 0.5) is 4.39 Å². The van der Waals surface area contributed by atoms with Crippen molar-refractivity contribution in [2.75, 3.05) is 6.54 Å². The van der Waals surface area contributed by atoms with Crippen LogP contribution in [-0.2, 0) is 10.0 Å². The first-order valence-corrected chi connectivity index (χ1v) is 7.64. The summed E-state index contributed by atoms with van der Waals surface area (Å²) in [7, 11) is -3.70. The second-order valence-electron chi connectivity index (χ2n) is 4.95. The summed E-state index contributed by atoms with van der Waals surface area (Å²) in [5, 5.41) is 9.21. The fraction of sp³-hybridized carbons (Fsp3) is 0.538. The predicted molar refractivity (Wildman–Crippen MR) is 71.8 cm³/mol. The molecule has 0 spiro atoms. The fourth-order valence-electron chi connectivity index (χ4n) is 1.74. The Balaban J connectivity index is 2.73. The average molecular weight is 289 g/mol. The van der Waals surface area contributed by atoms with Crippen LogP contribution in [0.15, 0.2) is 23.1 Å². The molecule has 0 aliphatic carbocycles. The van der Waals surface area contributed by atoms with E-state index >= 15 is 0 Å². The van der Waals surface area contributed by atoms with E-state index in [1.165, 1.54) is 12.1 Å². The van der Waals surface area contributed by atoms with Crippen LogP contribution >= 0.6 is 0 Å². The fourth-order valence-corrected chi connectivity index (χ4v) is 2.92. The van der Waals surface area contributed by atoms with Crippen molar-refractivity contribution in [3.8, 4) is 0 Å². The molecular weight excluding hydrogens is 269 g/mol. The Morgan fingerprint density at radius 2 is 2.00 bits per heavy atom. The molecular formula is C13H20FNO3S. The van der Waals surface area contributed by atoms with E-state index < -0.39 is 21.9 Å². The van der Waals surface area contributed by atoms with Crippen LogP contribution in [0.5, 0.6) is 0 Å². The maximum absolute atomic E-state index is 13.4. The van der Waals surface area contributed by atoms with Crippen molar-refractivity contribution in [3.63, 3.8) is 0 Å². The molecule has 0 bridgehead atoms. The molecule has 108 valence electrons. The van der Waals surface area contributed by atoms with Gasteiger partial charge >= 0.3 is 0 Å². The lowest BCUT2D eigenvalue weighted by atomic mass is 10.1. The lowest BCUT2D eigenvalue weighted by Crippen LogP contribution is -2.29. The van der Waals surface area contributed by atoms with Gasteiger partial charge in [0.25, 0.3) is 0 Å². The Hall–Kier alpha value is -0.980. The quantitative estimate of drug-likeness (QED) is 0.839. The first-order chi connectivity index (χ1) is 8.72. The monoisotopic (exact) mass is 289 g/mol. The summed E-state index contributed by atoms with van der Waals surface area (Å²) in [6, 6.07) is 3.82. The van der Waals surface area contributed by atoms with Crippen LogP contribution in [0, 0.1) is 18.7 Å². The number of halogens is 1. The van der Waals surface area contributed by atoms with Crippen LogP contribution in [0.25, 0.3) is 0 Å². The number of nitrogens with one attached hydrogen (secondary N) is 1. The van der Waals surface area contributed by atoms with E-state index in [1.54, 1.807) is 13.8 Å². The van der Waals surface area contributed by atoms with Crippen molar-refractivity contribution in [1.29, 1.82) is 0 Å². The Morgan fingerprint density at radius 3 is 2.53 bits per heavy atom. The molecule has 2 unspecified atom stereocenters. The first kappa shape index (κ1) is 16.1. The van der Waals surface area contributed by atoms with Crippen LogP contribution in [-0.4, -0.2) is 26.2 Å². The Kier molecular flexibility index (Phi) is 5.46. The summed E-state index contributed by atoms with van der Waals surface area (Å²) < 4.78 is 39.7. The summed E-state index contributed by atoms with van der Waals surface area (Å²) in [6.07, 6.45) is 0.0291. The second kappa shape index (κ2) is 6.45. The van der Waals surface area contributed by atoms with Gasteiger partial charge in [-0.15, -0.1) is 0 Å². The van der Waals surface area contributed by atoms with Crippen LogP contribution in [0.2, 0.25) is 0 Å². The number of aliphatic hydroxyl groups is 1. The molecule has 0 amide bonds. The maximum Gasteiger partial charge on any atom is 0.240 e. The Bertz CT molecular complexity index is 529. The van der Waals surface area contributed by atoms with Gasteiger partial charge in [0.05, 0.1) is 11.0 Å².